The van der Waals surface area contributed by atoms with E-state index in [9.17, 15) is 13.2 Å². The van der Waals surface area contributed by atoms with Crippen LogP contribution in [0.1, 0.15) is 10.5 Å². The van der Waals surface area contributed by atoms with Gasteiger partial charge >= 0.3 is 5.97 Å². The number of aromatic carboxylic acids is 1. The van der Waals surface area contributed by atoms with Gasteiger partial charge in [-0.2, -0.15) is 0 Å². The Morgan fingerprint density at radius 1 is 1.67 bits per heavy atom. The zero-order valence-corrected chi connectivity index (χ0v) is 7.06. The number of halogens is 1. The Morgan fingerprint density at radius 3 is 2.50 bits per heavy atom. The van der Waals surface area contributed by atoms with Gasteiger partial charge < -0.3 is 10.1 Å². The normalized spacial score (nSPS) is 11.4. The molecular formula is C4H3ClN2O4S. The number of nitrogens with one attached hydrogen (secondary N) is 1. The molecule has 0 saturated carbocycles. The first-order chi connectivity index (χ1) is 5.41. The summed E-state index contributed by atoms with van der Waals surface area (Å²) in [5, 5.41) is 7.79. The summed E-state index contributed by atoms with van der Waals surface area (Å²) in [4.78, 5) is 15.5. The van der Waals surface area contributed by atoms with Crippen LogP contribution in [0.4, 0.5) is 0 Å². The summed E-state index contributed by atoms with van der Waals surface area (Å²) in [6, 6.07) is 0. The number of H-pyrrole nitrogens is 1. The minimum absolute atomic E-state index is 0.325. The van der Waals surface area contributed by atoms with Gasteiger partial charge in [-0.25, -0.2) is 18.2 Å². The van der Waals surface area contributed by atoms with E-state index in [1.165, 1.54) is 0 Å². The van der Waals surface area contributed by atoms with Crippen LogP contribution >= 0.6 is 10.7 Å². The van der Waals surface area contributed by atoms with Crippen molar-refractivity contribution in [3.8, 4) is 0 Å². The fourth-order valence-corrected chi connectivity index (χ4v) is 1.18. The molecule has 2 N–H and O–H groups in total. The third-order valence-electron chi connectivity index (χ3n) is 1.01. The Hall–Kier alpha value is -1.08. The molecule has 8 heteroatoms. The molecule has 0 radical (unpaired) electrons. The molecule has 0 spiro atoms. The molecule has 0 amide bonds. The van der Waals surface area contributed by atoms with Crippen molar-refractivity contribution in [3.63, 3.8) is 0 Å². The quantitative estimate of drug-likeness (QED) is 0.671. The van der Waals surface area contributed by atoms with Crippen molar-refractivity contribution in [2.45, 2.75) is 5.16 Å². The van der Waals surface area contributed by atoms with Crippen LogP contribution in [0.5, 0.6) is 0 Å². The van der Waals surface area contributed by atoms with Crippen molar-refractivity contribution in [1.82, 2.24) is 9.97 Å². The third kappa shape index (κ3) is 1.74. The molecule has 6 nitrogen and oxygen atoms in total. The van der Waals surface area contributed by atoms with Gasteiger partial charge in [0.05, 0.1) is 6.20 Å². The second-order valence-corrected chi connectivity index (χ2v) is 4.33. The highest BCUT2D eigenvalue weighted by Crippen LogP contribution is 2.09. The monoisotopic (exact) mass is 210 g/mol. The summed E-state index contributed by atoms with van der Waals surface area (Å²) in [5.74, 6) is -1.30. The Bertz CT molecular complexity index is 408. The number of carboxylic acids is 1. The van der Waals surface area contributed by atoms with Gasteiger partial charge in [0, 0.05) is 10.7 Å². The molecule has 1 rings (SSSR count). The van der Waals surface area contributed by atoms with Crippen molar-refractivity contribution in [3.05, 3.63) is 11.9 Å². The minimum Gasteiger partial charge on any atom is -0.477 e. The van der Waals surface area contributed by atoms with E-state index in [1.807, 2.05) is 4.98 Å². The number of hydrogen-bond acceptors (Lipinski definition) is 4. The fourth-order valence-electron chi connectivity index (χ4n) is 0.536. The number of imidazole rings is 1. The average Bonchev–Trinajstić information content (AvgIpc) is 2.30. The first-order valence-electron chi connectivity index (χ1n) is 2.64. The lowest BCUT2D eigenvalue weighted by atomic mass is 10.5. The molecule has 0 aliphatic rings. The lowest BCUT2D eigenvalue weighted by Gasteiger charge is -1.86. The number of carboxylic acid groups (broad SMARTS) is 1. The molecule has 1 heterocycles. The van der Waals surface area contributed by atoms with E-state index in [4.69, 9.17) is 15.8 Å². The first kappa shape index (κ1) is 9.01. The number of aromatic nitrogens is 2. The van der Waals surface area contributed by atoms with E-state index in [1.54, 1.807) is 0 Å². The Kier molecular flexibility index (Phi) is 2.07. The maximum absolute atomic E-state index is 10.5. The van der Waals surface area contributed by atoms with Gasteiger partial charge in [0.2, 0.25) is 5.16 Å². The van der Waals surface area contributed by atoms with Crippen LogP contribution in [0.2, 0.25) is 0 Å². The van der Waals surface area contributed by atoms with E-state index in [0.29, 0.717) is 0 Å². The second-order valence-electron chi connectivity index (χ2n) is 1.85. The molecule has 1 aromatic heterocycles. The van der Waals surface area contributed by atoms with Gasteiger partial charge in [0.15, 0.2) is 0 Å². The van der Waals surface area contributed by atoms with Crippen LogP contribution in [-0.4, -0.2) is 29.5 Å². The van der Waals surface area contributed by atoms with Crippen LogP contribution in [0.15, 0.2) is 11.4 Å². The average molecular weight is 211 g/mol. The van der Waals surface area contributed by atoms with Crippen molar-refractivity contribution >= 4 is 25.7 Å². The summed E-state index contributed by atoms with van der Waals surface area (Å²) < 4.78 is 21.1. The maximum atomic E-state index is 10.5. The van der Waals surface area contributed by atoms with E-state index in [2.05, 4.69) is 4.98 Å². The highest BCUT2D eigenvalue weighted by Gasteiger charge is 2.16. The molecule has 0 saturated heterocycles. The van der Waals surface area contributed by atoms with E-state index in [-0.39, 0.29) is 5.69 Å². The zero-order chi connectivity index (χ0) is 9.35. The van der Waals surface area contributed by atoms with Crippen molar-refractivity contribution in [2.24, 2.45) is 0 Å². The van der Waals surface area contributed by atoms with Gasteiger partial charge in [-0.1, -0.05) is 0 Å². The van der Waals surface area contributed by atoms with E-state index < -0.39 is 20.2 Å². The molecule has 0 aliphatic carbocycles. The topological polar surface area (TPSA) is 100 Å². The summed E-state index contributed by atoms with van der Waals surface area (Å²) in [7, 11) is 0.889. The Labute approximate surface area is 71.6 Å². The molecule has 66 valence electrons. The van der Waals surface area contributed by atoms with E-state index >= 15 is 0 Å². The SMILES string of the molecule is O=C(O)c1cnc(S(=O)(=O)Cl)[nH]1. The van der Waals surface area contributed by atoms with Crippen LogP contribution in [0, 0.1) is 0 Å². The summed E-state index contributed by atoms with van der Waals surface area (Å²) in [6.07, 6.45) is 0.873. The van der Waals surface area contributed by atoms with Crippen LogP contribution in [0.3, 0.4) is 0 Å². The van der Waals surface area contributed by atoms with Crippen LogP contribution in [-0.2, 0) is 9.05 Å². The number of rotatable bonds is 2. The smallest absolute Gasteiger partial charge is 0.353 e. The number of aromatic amines is 1. The molecule has 0 fully saturated rings. The lowest BCUT2D eigenvalue weighted by molar-refractivity contribution is 0.0690. The van der Waals surface area contributed by atoms with Crippen molar-refractivity contribution in [1.29, 1.82) is 0 Å². The second kappa shape index (κ2) is 2.76. The Balaban J connectivity index is 3.17. The van der Waals surface area contributed by atoms with Crippen molar-refractivity contribution in [2.75, 3.05) is 0 Å². The highest BCUT2D eigenvalue weighted by molar-refractivity contribution is 8.13. The van der Waals surface area contributed by atoms with Gasteiger partial charge in [-0.3, -0.25) is 0 Å². The zero-order valence-electron chi connectivity index (χ0n) is 5.48. The van der Waals surface area contributed by atoms with Gasteiger partial charge in [-0.05, 0) is 0 Å². The predicted octanol–water partition coefficient (Wildman–Crippen LogP) is 0.0354. The molecular weight excluding hydrogens is 208 g/mol. The minimum atomic E-state index is -3.97. The summed E-state index contributed by atoms with van der Waals surface area (Å²) in [6.45, 7) is 0. The lowest BCUT2D eigenvalue weighted by Crippen LogP contribution is -1.98. The van der Waals surface area contributed by atoms with Gasteiger partial charge in [0.25, 0.3) is 9.05 Å². The molecule has 12 heavy (non-hydrogen) atoms. The van der Waals surface area contributed by atoms with Crippen molar-refractivity contribution < 1.29 is 18.3 Å². The van der Waals surface area contributed by atoms with Crippen LogP contribution in [0.25, 0.3) is 0 Å². The molecule has 0 unspecified atom stereocenters. The van der Waals surface area contributed by atoms with Crippen LogP contribution < -0.4 is 0 Å². The first-order valence-corrected chi connectivity index (χ1v) is 4.95. The molecule has 0 bridgehead atoms. The summed E-state index contributed by atoms with van der Waals surface area (Å²) >= 11 is 0. The molecule has 0 aliphatic heterocycles. The molecule has 0 atom stereocenters. The Morgan fingerprint density at radius 2 is 2.25 bits per heavy atom. The summed E-state index contributed by atoms with van der Waals surface area (Å²) in [5.41, 5.74) is -0.325. The number of nitrogens with zero attached hydrogens (tertiary/aromatic N) is 1. The molecule has 0 aromatic carbocycles. The largest absolute Gasteiger partial charge is 0.477 e. The number of carbonyl (C=O) groups is 1. The third-order valence-corrected chi connectivity index (χ3v) is 2.12. The van der Waals surface area contributed by atoms with Gasteiger partial charge in [-0.15, -0.1) is 0 Å². The standard InChI is InChI=1S/C4H3ClN2O4S/c5-12(10,11)4-6-1-2(7-4)3(8)9/h1H,(H,6,7)(H,8,9). The van der Waals surface area contributed by atoms with Gasteiger partial charge in [0.1, 0.15) is 5.69 Å². The highest BCUT2D eigenvalue weighted by atomic mass is 35.7. The maximum Gasteiger partial charge on any atom is 0.353 e. The predicted molar refractivity (Wildman–Crippen MR) is 38.6 cm³/mol. The van der Waals surface area contributed by atoms with E-state index in [0.717, 1.165) is 6.20 Å². The fraction of sp³-hybridized carbons (Fsp3) is 0. The molecule has 1 aromatic rings. The number of hydrogen-bond donors (Lipinski definition) is 2.